The molecule has 1 aliphatic rings. The number of carbonyl (C=O) groups is 1. The van der Waals surface area contributed by atoms with E-state index in [1.165, 1.54) is 0 Å². The van der Waals surface area contributed by atoms with Gasteiger partial charge in [-0.25, -0.2) is 4.79 Å². The molecule has 4 nitrogen and oxygen atoms in total. The molecule has 0 unspecified atom stereocenters. The number of anilines is 1. The summed E-state index contributed by atoms with van der Waals surface area (Å²) in [6, 6.07) is 3.55. The summed E-state index contributed by atoms with van der Waals surface area (Å²) in [5, 5.41) is 11.0. The lowest BCUT2D eigenvalue weighted by Crippen LogP contribution is -2.09. The van der Waals surface area contributed by atoms with Crippen LogP contribution >= 0.6 is 15.9 Å². The standard InChI is InChI=1S/C9H8BrNO3/c10-7-1-2-8(11-9(12)13)6-4-14-3-5(6)7/h1-2,11H,3-4H2,(H,12,13). The van der Waals surface area contributed by atoms with Gasteiger partial charge in [-0.05, 0) is 17.7 Å². The third-order valence-corrected chi connectivity index (χ3v) is 2.85. The number of nitrogens with one attached hydrogen (secondary N) is 1. The molecule has 74 valence electrons. The molecule has 0 radical (unpaired) electrons. The molecule has 0 atom stereocenters. The van der Waals surface area contributed by atoms with Crippen molar-refractivity contribution in [3.05, 3.63) is 27.7 Å². The van der Waals surface area contributed by atoms with Gasteiger partial charge < -0.3 is 9.84 Å². The number of amides is 1. The smallest absolute Gasteiger partial charge is 0.409 e. The van der Waals surface area contributed by atoms with Crippen LogP contribution < -0.4 is 5.32 Å². The Labute approximate surface area is 89.0 Å². The molecular weight excluding hydrogens is 250 g/mol. The Bertz CT molecular complexity index is 392. The average molecular weight is 258 g/mol. The zero-order chi connectivity index (χ0) is 10.1. The Morgan fingerprint density at radius 1 is 1.43 bits per heavy atom. The van der Waals surface area contributed by atoms with Crippen LogP contribution in [-0.2, 0) is 18.0 Å². The molecule has 0 saturated heterocycles. The van der Waals surface area contributed by atoms with Gasteiger partial charge in [0.1, 0.15) is 0 Å². The third kappa shape index (κ3) is 1.60. The van der Waals surface area contributed by atoms with E-state index in [1.807, 2.05) is 6.07 Å². The Morgan fingerprint density at radius 3 is 2.86 bits per heavy atom. The molecule has 1 amide bonds. The molecule has 1 aromatic carbocycles. The Hall–Kier alpha value is -1.07. The van der Waals surface area contributed by atoms with Crippen LogP contribution in [0.5, 0.6) is 0 Å². The first-order valence-corrected chi connectivity index (χ1v) is 4.85. The van der Waals surface area contributed by atoms with Crippen LogP contribution in [-0.4, -0.2) is 11.2 Å². The van der Waals surface area contributed by atoms with Crippen LogP contribution in [0.4, 0.5) is 10.5 Å². The number of hydrogen-bond donors (Lipinski definition) is 2. The molecule has 1 aromatic rings. The van der Waals surface area contributed by atoms with Crippen molar-refractivity contribution in [1.29, 1.82) is 0 Å². The highest BCUT2D eigenvalue weighted by molar-refractivity contribution is 9.10. The first-order valence-electron chi connectivity index (χ1n) is 4.06. The van der Waals surface area contributed by atoms with E-state index >= 15 is 0 Å². The normalized spacial score (nSPS) is 13.8. The van der Waals surface area contributed by atoms with Crippen molar-refractivity contribution >= 4 is 27.7 Å². The molecule has 2 rings (SSSR count). The monoisotopic (exact) mass is 257 g/mol. The van der Waals surface area contributed by atoms with Crippen LogP contribution in [0.2, 0.25) is 0 Å². The largest absolute Gasteiger partial charge is 0.465 e. The maximum absolute atomic E-state index is 10.5. The van der Waals surface area contributed by atoms with E-state index in [4.69, 9.17) is 9.84 Å². The fourth-order valence-electron chi connectivity index (χ4n) is 1.47. The molecule has 1 aliphatic heterocycles. The zero-order valence-corrected chi connectivity index (χ0v) is 8.80. The van der Waals surface area contributed by atoms with Crippen LogP contribution in [0.1, 0.15) is 11.1 Å². The average Bonchev–Trinajstić information content (AvgIpc) is 2.58. The first-order chi connectivity index (χ1) is 6.68. The first kappa shape index (κ1) is 9.48. The third-order valence-electron chi connectivity index (χ3n) is 2.11. The maximum Gasteiger partial charge on any atom is 0.409 e. The highest BCUT2D eigenvalue weighted by atomic mass is 79.9. The number of carboxylic acid groups (broad SMARTS) is 1. The second-order valence-corrected chi connectivity index (χ2v) is 3.83. The van der Waals surface area contributed by atoms with Crippen molar-refractivity contribution in [2.75, 3.05) is 5.32 Å². The van der Waals surface area contributed by atoms with Gasteiger partial charge >= 0.3 is 6.09 Å². The molecule has 0 aliphatic carbocycles. The van der Waals surface area contributed by atoms with E-state index < -0.39 is 6.09 Å². The van der Waals surface area contributed by atoms with Crippen molar-refractivity contribution in [3.8, 4) is 0 Å². The van der Waals surface area contributed by atoms with E-state index in [1.54, 1.807) is 6.07 Å². The Balaban J connectivity index is 2.43. The lowest BCUT2D eigenvalue weighted by molar-refractivity contribution is 0.134. The summed E-state index contributed by atoms with van der Waals surface area (Å²) >= 11 is 3.39. The molecule has 2 N–H and O–H groups in total. The fourth-order valence-corrected chi connectivity index (χ4v) is 1.96. The van der Waals surface area contributed by atoms with E-state index in [9.17, 15) is 4.79 Å². The van der Waals surface area contributed by atoms with Gasteiger partial charge in [0, 0.05) is 15.7 Å². The fraction of sp³-hybridized carbons (Fsp3) is 0.222. The van der Waals surface area contributed by atoms with Crippen molar-refractivity contribution in [1.82, 2.24) is 0 Å². The van der Waals surface area contributed by atoms with Gasteiger partial charge in [0.2, 0.25) is 0 Å². The van der Waals surface area contributed by atoms with Crippen molar-refractivity contribution in [2.45, 2.75) is 13.2 Å². The second kappa shape index (κ2) is 3.59. The molecular formula is C9H8BrNO3. The van der Waals surface area contributed by atoms with E-state index in [-0.39, 0.29) is 0 Å². The van der Waals surface area contributed by atoms with Gasteiger partial charge in [-0.1, -0.05) is 15.9 Å². The Kier molecular flexibility index (Phi) is 2.43. The summed E-state index contributed by atoms with van der Waals surface area (Å²) in [7, 11) is 0. The van der Waals surface area contributed by atoms with Gasteiger partial charge in [0.15, 0.2) is 0 Å². The minimum absolute atomic E-state index is 0.463. The molecule has 1 heterocycles. The number of fused-ring (bicyclic) bond motifs is 1. The zero-order valence-electron chi connectivity index (χ0n) is 7.21. The summed E-state index contributed by atoms with van der Waals surface area (Å²) in [6.45, 7) is 0.995. The highest BCUT2D eigenvalue weighted by Crippen LogP contribution is 2.33. The van der Waals surface area contributed by atoms with Gasteiger partial charge in [-0.2, -0.15) is 0 Å². The topological polar surface area (TPSA) is 58.6 Å². The second-order valence-electron chi connectivity index (χ2n) is 2.98. The predicted octanol–water partition coefficient (Wildman–Crippen LogP) is 2.57. The molecule has 0 aromatic heterocycles. The van der Waals surface area contributed by atoms with Crippen LogP contribution in [0.25, 0.3) is 0 Å². The summed E-state index contributed by atoms with van der Waals surface area (Å²) in [5.41, 5.74) is 2.55. The van der Waals surface area contributed by atoms with Crippen molar-refractivity contribution in [2.24, 2.45) is 0 Å². The van der Waals surface area contributed by atoms with Crippen LogP contribution in [0, 0.1) is 0 Å². The van der Waals surface area contributed by atoms with Gasteiger partial charge in [0.25, 0.3) is 0 Å². The molecule has 0 saturated carbocycles. The van der Waals surface area contributed by atoms with Crippen LogP contribution in [0.15, 0.2) is 16.6 Å². The quantitative estimate of drug-likeness (QED) is 0.813. The molecule has 0 fully saturated rings. The Morgan fingerprint density at radius 2 is 2.14 bits per heavy atom. The summed E-state index contributed by atoms with van der Waals surface area (Å²) in [5.74, 6) is 0. The van der Waals surface area contributed by atoms with Crippen molar-refractivity contribution in [3.63, 3.8) is 0 Å². The lowest BCUT2D eigenvalue weighted by Gasteiger charge is -2.07. The van der Waals surface area contributed by atoms with E-state index in [0.717, 1.165) is 15.6 Å². The lowest BCUT2D eigenvalue weighted by atomic mass is 10.1. The number of ether oxygens (including phenoxy) is 1. The molecule has 14 heavy (non-hydrogen) atoms. The summed E-state index contributed by atoms with van der Waals surface area (Å²) < 4.78 is 6.21. The molecule has 0 bridgehead atoms. The van der Waals surface area contributed by atoms with E-state index in [0.29, 0.717) is 18.9 Å². The number of hydrogen-bond acceptors (Lipinski definition) is 2. The number of rotatable bonds is 1. The molecule has 0 spiro atoms. The van der Waals surface area contributed by atoms with E-state index in [2.05, 4.69) is 21.2 Å². The minimum atomic E-state index is -1.05. The summed E-state index contributed by atoms with van der Waals surface area (Å²) in [6.07, 6.45) is -1.05. The van der Waals surface area contributed by atoms with Gasteiger partial charge in [-0.3, -0.25) is 5.32 Å². The molecule has 5 heteroatoms. The van der Waals surface area contributed by atoms with Crippen LogP contribution in [0.3, 0.4) is 0 Å². The number of halogens is 1. The van der Waals surface area contributed by atoms with Gasteiger partial charge in [-0.15, -0.1) is 0 Å². The number of benzene rings is 1. The summed E-state index contributed by atoms with van der Waals surface area (Å²) in [4.78, 5) is 10.5. The minimum Gasteiger partial charge on any atom is -0.465 e. The van der Waals surface area contributed by atoms with Crippen molar-refractivity contribution < 1.29 is 14.6 Å². The highest BCUT2D eigenvalue weighted by Gasteiger charge is 2.18. The predicted molar refractivity (Wildman–Crippen MR) is 54.3 cm³/mol. The van der Waals surface area contributed by atoms with Gasteiger partial charge in [0.05, 0.1) is 13.2 Å². The maximum atomic E-state index is 10.5. The SMILES string of the molecule is O=C(O)Nc1ccc(Br)c2c1COC2.